The van der Waals surface area contributed by atoms with Crippen LogP contribution in [-0.4, -0.2) is 31.7 Å². The van der Waals surface area contributed by atoms with Gasteiger partial charge in [0.25, 0.3) is 0 Å². The third-order valence-corrected chi connectivity index (χ3v) is 2.28. The van der Waals surface area contributed by atoms with E-state index in [1.54, 1.807) is 0 Å². The van der Waals surface area contributed by atoms with E-state index in [0.717, 1.165) is 26.1 Å². The van der Waals surface area contributed by atoms with Crippen LogP contribution < -0.4 is 4.90 Å². The molecule has 0 unspecified atom stereocenters. The van der Waals surface area contributed by atoms with Crippen LogP contribution in [0.2, 0.25) is 0 Å². The number of ether oxygens (including phenoxy) is 1. The Labute approximate surface area is 92.8 Å². The third-order valence-electron chi connectivity index (χ3n) is 2.28. The predicted octanol–water partition coefficient (Wildman–Crippen LogP) is 0.256. The van der Waals surface area contributed by atoms with Crippen LogP contribution in [0, 0.1) is 11.8 Å². The highest BCUT2D eigenvalue weighted by Gasteiger charge is 2.05. The molecule has 86 valence electrons. The first-order valence-corrected chi connectivity index (χ1v) is 5.63. The van der Waals surface area contributed by atoms with E-state index in [0.29, 0.717) is 0 Å². The van der Waals surface area contributed by atoms with Crippen LogP contribution in [0.4, 0.5) is 0 Å². The Morgan fingerprint density at radius 3 is 2.33 bits per heavy atom. The molecule has 0 aromatic heterocycles. The number of rotatable bonds is 5. The van der Waals surface area contributed by atoms with Crippen LogP contribution >= 0.6 is 0 Å². The van der Waals surface area contributed by atoms with Crippen LogP contribution in [0.25, 0.3) is 0 Å². The summed E-state index contributed by atoms with van der Waals surface area (Å²) in [7, 11) is 0. The molecule has 0 aromatic rings. The Hall–Kier alpha value is -1.01. The van der Waals surface area contributed by atoms with Gasteiger partial charge in [0.05, 0.1) is 13.1 Å². The molecule has 0 fully saturated rings. The van der Waals surface area contributed by atoms with Crippen molar-refractivity contribution in [2.24, 2.45) is 0 Å². The molecule has 0 spiro atoms. The largest absolute Gasteiger partial charge is 0.449 e. The Balaban J connectivity index is 4.05. The normalized spacial score (nSPS) is 11.8. The average Bonchev–Trinajstić information content (AvgIpc) is 2.22. The summed E-state index contributed by atoms with van der Waals surface area (Å²) in [5.41, 5.74) is 0. The lowest BCUT2D eigenvalue weighted by molar-refractivity contribution is -0.889. The van der Waals surface area contributed by atoms with Crippen molar-refractivity contribution in [3.63, 3.8) is 0 Å². The van der Waals surface area contributed by atoms with Crippen LogP contribution in [0.15, 0.2) is 0 Å². The summed E-state index contributed by atoms with van der Waals surface area (Å²) in [4.78, 5) is 12.2. The van der Waals surface area contributed by atoms with Crippen molar-refractivity contribution in [2.45, 2.75) is 40.2 Å². The first-order chi connectivity index (χ1) is 7.13. The van der Waals surface area contributed by atoms with E-state index in [1.807, 2.05) is 6.92 Å². The first kappa shape index (κ1) is 14.0. The summed E-state index contributed by atoms with van der Waals surface area (Å²) >= 11 is 0. The van der Waals surface area contributed by atoms with E-state index in [2.05, 4.69) is 25.7 Å². The molecule has 0 aliphatic heterocycles. The highest BCUT2D eigenvalue weighted by atomic mass is 16.5. The van der Waals surface area contributed by atoms with Gasteiger partial charge >= 0.3 is 5.97 Å². The second kappa shape index (κ2) is 8.31. The molecule has 15 heavy (non-hydrogen) atoms. The quantitative estimate of drug-likeness (QED) is 0.523. The minimum absolute atomic E-state index is 0.238. The molecule has 0 saturated heterocycles. The number of esters is 1. The van der Waals surface area contributed by atoms with Gasteiger partial charge in [0, 0.05) is 6.92 Å². The molecule has 0 rings (SSSR count). The number of carbonyl (C=O) groups excluding carboxylic acids is 1. The van der Waals surface area contributed by atoms with Crippen molar-refractivity contribution in [3.8, 4) is 11.8 Å². The molecule has 0 aromatic carbocycles. The van der Waals surface area contributed by atoms with Gasteiger partial charge in [-0.05, 0) is 26.2 Å². The fraction of sp³-hybridized carbons (Fsp3) is 0.750. The summed E-state index contributed by atoms with van der Waals surface area (Å²) < 4.78 is 5.03. The zero-order chi connectivity index (χ0) is 11.7. The van der Waals surface area contributed by atoms with Crippen molar-refractivity contribution in [2.75, 3.05) is 19.6 Å². The summed E-state index contributed by atoms with van der Waals surface area (Å²) in [6.45, 7) is 10.6. The molecule has 3 nitrogen and oxygen atoms in total. The second-order valence-electron chi connectivity index (χ2n) is 3.46. The van der Waals surface area contributed by atoms with Crippen LogP contribution in [0.3, 0.4) is 0 Å². The molecule has 0 aliphatic carbocycles. The lowest BCUT2D eigenvalue weighted by Crippen LogP contribution is -3.11. The van der Waals surface area contributed by atoms with E-state index in [9.17, 15) is 4.79 Å². The van der Waals surface area contributed by atoms with E-state index < -0.39 is 0 Å². The predicted molar refractivity (Wildman–Crippen MR) is 60.5 cm³/mol. The minimum atomic E-state index is -0.258. The fourth-order valence-electron chi connectivity index (χ4n) is 1.21. The van der Waals surface area contributed by atoms with Crippen molar-refractivity contribution in [3.05, 3.63) is 0 Å². The fourth-order valence-corrected chi connectivity index (χ4v) is 1.21. The van der Waals surface area contributed by atoms with Crippen molar-refractivity contribution >= 4 is 5.97 Å². The Kier molecular flexibility index (Phi) is 7.75. The molecule has 1 atom stereocenters. The molecule has 0 aliphatic rings. The maximum Gasteiger partial charge on any atom is 0.303 e. The first-order valence-electron chi connectivity index (χ1n) is 5.63. The van der Waals surface area contributed by atoms with Gasteiger partial charge in [0.15, 0.2) is 6.10 Å². The standard InChI is InChI=1S/C12H21NO2/c1-5-12(15-11(4)14)9-8-10-13(6-2)7-3/h12H,5-7,10H2,1-4H3/p+1/t12-/m1/s1. The van der Waals surface area contributed by atoms with Gasteiger partial charge in [0.1, 0.15) is 6.54 Å². The molecule has 0 saturated carbocycles. The van der Waals surface area contributed by atoms with Crippen LogP contribution in [-0.2, 0) is 9.53 Å². The molecule has 0 radical (unpaired) electrons. The summed E-state index contributed by atoms with van der Waals surface area (Å²) in [5, 5.41) is 0. The zero-order valence-electron chi connectivity index (χ0n) is 10.2. The topological polar surface area (TPSA) is 30.7 Å². The number of nitrogens with one attached hydrogen (secondary N) is 1. The van der Waals surface area contributed by atoms with Crippen molar-refractivity contribution in [1.29, 1.82) is 0 Å². The molecule has 0 bridgehead atoms. The van der Waals surface area contributed by atoms with Crippen LogP contribution in [0.1, 0.15) is 34.1 Å². The van der Waals surface area contributed by atoms with E-state index >= 15 is 0 Å². The maximum absolute atomic E-state index is 10.7. The smallest absolute Gasteiger partial charge is 0.303 e. The summed E-state index contributed by atoms with van der Waals surface area (Å²) in [6, 6.07) is 0. The van der Waals surface area contributed by atoms with E-state index in [4.69, 9.17) is 4.74 Å². The van der Waals surface area contributed by atoms with Gasteiger partial charge in [-0.25, -0.2) is 0 Å². The molecular weight excluding hydrogens is 190 g/mol. The number of carbonyl (C=O) groups is 1. The summed E-state index contributed by atoms with van der Waals surface area (Å²) in [5.74, 6) is 5.81. The van der Waals surface area contributed by atoms with Gasteiger partial charge in [-0.2, -0.15) is 0 Å². The highest BCUT2D eigenvalue weighted by Crippen LogP contribution is 1.95. The minimum Gasteiger partial charge on any atom is -0.449 e. The number of hydrogen-bond acceptors (Lipinski definition) is 2. The van der Waals surface area contributed by atoms with E-state index in [1.165, 1.54) is 11.8 Å². The maximum atomic E-state index is 10.7. The molecule has 0 amide bonds. The third kappa shape index (κ3) is 6.98. The van der Waals surface area contributed by atoms with Gasteiger partial charge in [0.2, 0.25) is 0 Å². The Morgan fingerprint density at radius 1 is 1.33 bits per heavy atom. The highest BCUT2D eigenvalue weighted by molar-refractivity contribution is 5.66. The summed E-state index contributed by atoms with van der Waals surface area (Å²) in [6.07, 6.45) is 0.512. The SMILES string of the molecule is CC[C@H](C#CC[NH+](CC)CC)OC(C)=O. The Morgan fingerprint density at radius 2 is 1.93 bits per heavy atom. The molecule has 0 heterocycles. The molecule has 1 N–H and O–H groups in total. The number of quaternary nitrogens is 1. The zero-order valence-corrected chi connectivity index (χ0v) is 10.2. The van der Waals surface area contributed by atoms with Gasteiger partial charge in [-0.3, -0.25) is 4.79 Å². The lowest BCUT2D eigenvalue weighted by Gasteiger charge is -2.11. The Bertz CT molecular complexity index is 236. The second-order valence-corrected chi connectivity index (χ2v) is 3.46. The molecule has 3 heteroatoms. The number of hydrogen-bond donors (Lipinski definition) is 1. The molecular formula is C12H22NO2+. The monoisotopic (exact) mass is 212 g/mol. The van der Waals surface area contributed by atoms with Crippen LogP contribution in [0.5, 0.6) is 0 Å². The van der Waals surface area contributed by atoms with Crippen molar-refractivity contribution in [1.82, 2.24) is 0 Å². The average molecular weight is 212 g/mol. The lowest BCUT2D eigenvalue weighted by atomic mass is 10.3. The van der Waals surface area contributed by atoms with E-state index in [-0.39, 0.29) is 12.1 Å². The van der Waals surface area contributed by atoms with Crippen molar-refractivity contribution < 1.29 is 14.4 Å². The van der Waals surface area contributed by atoms with Gasteiger partial charge < -0.3 is 9.64 Å². The van der Waals surface area contributed by atoms with Gasteiger partial charge in [-0.15, -0.1) is 0 Å². The van der Waals surface area contributed by atoms with Gasteiger partial charge in [-0.1, -0.05) is 12.8 Å².